The molecule has 0 spiro atoms. The number of nitrogens with zero attached hydrogens (tertiary/aromatic N) is 1. The van der Waals surface area contributed by atoms with Crippen LogP contribution in [0, 0.1) is 0 Å². The number of fused-ring (bicyclic) bond motifs is 1. The lowest BCUT2D eigenvalue weighted by atomic mass is 9.83. The Morgan fingerprint density at radius 1 is 1.29 bits per heavy atom. The van der Waals surface area contributed by atoms with E-state index in [0.29, 0.717) is 6.42 Å². The van der Waals surface area contributed by atoms with Gasteiger partial charge in [0.1, 0.15) is 0 Å². The van der Waals surface area contributed by atoms with E-state index in [2.05, 4.69) is 19.9 Å². The van der Waals surface area contributed by atoms with Crippen LogP contribution in [0.4, 0.5) is 0 Å². The first-order chi connectivity index (χ1) is 6.53. The molecule has 0 aliphatic carbocycles. The summed E-state index contributed by atoms with van der Waals surface area (Å²) >= 11 is 0. The second-order valence-corrected chi connectivity index (χ2v) is 4.35. The minimum atomic E-state index is -0.175. The van der Waals surface area contributed by atoms with Gasteiger partial charge in [0.25, 0.3) is 0 Å². The molecule has 0 saturated carbocycles. The summed E-state index contributed by atoms with van der Waals surface area (Å²) in [7, 11) is 1.87. The number of hydrogen-bond donors (Lipinski definition) is 0. The summed E-state index contributed by atoms with van der Waals surface area (Å²) in [5.74, 6) is 0.203. The van der Waals surface area contributed by atoms with Crippen molar-refractivity contribution in [3.05, 3.63) is 35.4 Å². The Bertz CT molecular complexity index is 382. The fraction of sp³-hybridized carbons (Fsp3) is 0.417. The molecule has 2 rings (SSSR count). The Morgan fingerprint density at radius 2 is 1.93 bits per heavy atom. The predicted octanol–water partition coefficient (Wildman–Crippen LogP) is 1.94. The van der Waals surface area contributed by atoms with Crippen molar-refractivity contribution in [1.29, 1.82) is 0 Å². The smallest absolute Gasteiger partial charge is 0.227 e. The van der Waals surface area contributed by atoms with Gasteiger partial charge in [0.05, 0.1) is 12.0 Å². The molecule has 2 heteroatoms. The third-order valence-electron chi connectivity index (χ3n) is 3.23. The van der Waals surface area contributed by atoms with E-state index in [1.807, 2.05) is 30.1 Å². The van der Waals surface area contributed by atoms with Crippen LogP contribution in [-0.2, 0) is 16.8 Å². The molecule has 0 radical (unpaired) electrons. The number of carbonyl (C=O) groups excluding carboxylic acids is 1. The summed E-state index contributed by atoms with van der Waals surface area (Å²) in [5.41, 5.74) is 2.26. The number of amides is 1. The zero-order chi connectivity index (χ0) is 10.3. The maximum atomic E-state index is 11.7. The minimum Gasteiger partial charge on any atom is -0.336 e. The van der Waals surface area contributed by atoms with E-state index in [-0.39, 0.29) is 11.4 Å². The average molecular weight is 189 g/mol. The van der Waals surface area contributed by atoms with Crippen LogP contribution in [0.5, 0.6) is 0 Å². The van der Waals surface area contributed by atoms with Crippen molar-refractivity contribution < 1.29 is 4.79 Å². The normalized spacial score (nSPS) is 19.4. The third kappa shape index (κ3) is 1.14. The molecule has 0 saturated heterocycles. The monoisotopic (exact) mass is 189 g/mol. The zero-order valence-corrected chi connectivity index (χ0v) is 8.87. The van der Waals surface area contributed by atoms with Crippen molar-refractivity contribution >= 4 is 5.91 Å². The number of benzene rings is 1. The zero-order valence-electron chi connectivity index (χ0n) is 8.87. The van der Waals surface area contributed by atoms with Gasteiger partial charge in [-0.2, -0.15) is 0 Å². The van der Waals surface area contributed by atoms with Crippen LogP contribution in [0.2, 0.25) is 0 Å². The van der Waals surface area contributed by atoms with Crippen LogP contribution in [0.15, 0.2) is 24.3 Å². The summed E-state index contributed by atoms with van der Waals surface area (Å²) in [5, 5.41) is 0. The molecular weight excluding hydrogens is 174 g/mol. The van der Waals surface area contributed by atoms with Gasteiger partial charge in [0.15, 0.2) is 0 Å². The van der Waals surface area contributed by atoms with E-state index in [0.717, 1.165) is 0 Å². The Morgan fingerprint density at radius 3 is 2.64 bits per heavy atom. The van der Waals surface area contributed by atoms with E-state index in [1.54, 1.807) is 0 Å². The second kappa shape index (κ2) is 2.84. The van der Waals surface area contributed by atoms with Crippen LogP contribution < -0.4 is 0 Å². The molecule has 14 heavy (non-hydrogen) atoms. The maximum Gasteiger partial charge on any atom is 0.227 e. The first kappa shape index (κ1) is 9.25. The van der Waals surface area contributed by atoms with Gasteiger partial charge >= 0.3 is 0 Å². The van der Waals surface area contributed by atoms with Crippen molar-refractivity contribution in [2.45, 2.75) is 25.8 Å². The molecule has 1 aromatic carbocycles. The highest BCUT2D eigenvalue weighted by Gasteiger charge is 2.35. The van der Waals surface area contributed by atoms with Gasteiger partial charge < -0.3 is 4.90 Å². The Balaban J connectivity index is 2.59. The summed E-state index contributed by atoms with van der Waals surface area (Å²) in [4.78, 5) is 13.5. The number of hydrogen-bond acceptors (Lipinski definition) is 1. The highest BCUT2D eigenvalue weighted by molar-refractivity contribution is 5.82. The van der Waals surface area contributed by atoms with Crippen LogP contribution in [0.1, 0.15) is 25.0 Å². The van der Waals surface area contributed by atoms with Gasteiger partial charge in [-0.1, -0.05) is 24.3 Å². The van der Waals surface area contributed by atoms with E-state index < -0.39 is 0 Å². The Kier molecular flexibility index (Phi) is 1.88. The van der Waals surface area contributed by atoms with Crippen LogP contribution in [0.3, 0.4) is 0 Å². The summed E-state index contributed by atoms with van der Waals surface area (Å²) < 4.78 is 0. The molecule has 1 heterocycles. The van der Waals surface area contributed by atoms with Crippen molar-refractivity contribution in [3.63, 3.8) is 0 Å². The molecule has 1 aromatic rings. The fourth-order valence-corrected chi connectivity index (χ4v) is 2.05. The van der Waals surface area contributed by atoms with E-state index in [9.17, 15) is 4.79 Å². The molecule has 2 nitrogen and oxygen atoms in total. The molecule has 1 aliphatic heterocycles. The van der Waals surface area contributed by atoms with Crippen molar-refractivity contribution in [2.24, 2.45) is 0 Å². The van der Waals surface area contributed by atoms with E-state index in [4.69, 9.17) is 0 Å². The van der Waals surface area contributed by atoms with Gasteiger partial charge in [-0.25, -0.2) is 0 Å². The first-order valence-electron chi connectivity index (χ1n) is 4.88. The molecule has 1 aliphatic rings. The number of carbonyl (C=O) groups is 1. The molecular formula is C12H15NO. The number of rotatable bonds is 0. The van der Waals surface area contributed by atoms with Gasteiger partial charge in [0, 0.05) is 7.05 Å². The maximum absolute atomic E-state index is 11.7. The highest BCUT2D eigenvalue weighted by Crippen LogP contribution is 2.33. The standard InChI is InChI=1S/C12H15NO/c1-12(2)10-7-5-4-6-9(10)8-11(14)13(12)3/h4-7H,8H2,1-3H3. The van der Waals surface area contributed by atoms with Crippen LogP contribution >= 0.6 is 0 Å². The van der Waals surface area contributed by atoms with Gasteiger partial charge in [-0.3, -0.25) is 4.79 Å². The molecule has 0 unspecified atom stereocenters. The largest absolute Gasteiger partial charge is 0.336 e. The average Bonchev–Trinajstić information content (AvgIpc) is 2.15. The molecule has 0 aromatic heterocycles. The molecule has 0 N–H and O–H groups in total. The molecule has 74 valence electrons. The summed E-state index contributed by atoms with van der Waals surface area (Å²) in [6.07, 6.45) is 0.538. The Hall–Kier alpha value is -1.31. The van der Waals surface area contributed by atoms with Crippen molar-refractivity contribution in [3.8, 4) is 0 Å². The Labute approximate surface area is 84.5 Å². The first-order valence-corrected chi connectivity index (χ1v) is 4.88. The number of likely N-dealkylation sites (N-methyl/N-ethyl adjacent to an activating group) is 1. The fourth-order valence-electron chi connectivity index (χ4n) is 2.05. The second-order valence-electron chi connectivity index (χ2n) is 4.35. The van der Waals surface area contributed by atoms with E-state index in [1.165, 1.54) is 11.1 Å². The molecule has 0 atom stereocenters. The van der Waals surface area contributed by atoms with Gasteiger partial charge in [0.2, 0.25) is 5.91 Å². The highest BCUT2D eigenvalue weighted by atomic mass is 16.2. The molecule has 0 bridgehead atoms. The lowest BCUT2D eigenvalue weighted by Crippen LogP contribution is -2.47. The van der Waals surface area contributed by atoms with Gasteiger partial charge in [-0.05, 0) is 25.0 Å². The molecule has 1 amide bonds. The quantitative estimate of drug-likeness (QED) is 0.610. The van der Waals surface area contributed by atoms with Crippen molar-refractivity contribution in [1.82, 2.24) is 4.90 Å². The topological polar surface area (TPSA) is 20.3 Å². The van der Waals surface area contributed by atoms with E-state index >= 15 is 0 Å². The van der Waals surface area contributed by atoms with Gasteiger partial charge in [-0.15, -0.1) is 0 Å². The lowest BCUT2D eigenvalue weighted by Gasteiger charge is -2.41. The summed E-state index contributed by atoms with van der Waals surface area (Å²) in [6, 6.07) is 8.18. The van der Waals surface area contributed by atoms with Crippen LogP contribution in [-0.4, -0.2) is 17.9 Å². The lowest BCUT2D eigenvalue weighted by molar-refractivity contribution is -0.135. The SMILES string of the molecule is CN1C(=O)Cc2ccccc2C1(C)C. The molecule has 0 fully saturated rings. The van der Waals surface area contributed by atoms with Crippen LogP contribution in [0.25, 0.3) is 0 Å². The third-order valence-corrected chi connectivity index (χ3v) is 3.23. The van der Waals surface area contributed by atoms with Crippen molar-refractivity contribution in [2.75, 3.05) is 7.05 Å². The predicted molar refractivity (Wildman–Crippen MR) is 55.9 cm³/mol. The summed E-state index contributed by atoms with van der Waals surface area (Å²) in [6.45, 7) is 4.17. The minimum absolute atomic E-state index is 0.175.